The fourth-order valence-electron chi connectivity index (χ4n) is 2.44. The highest BCUT2D eigenvalue weighted by molar-refractivity contribution is 8.00. The van der Waals surface area contributed by atoms with Crippen LogP contribution in [0.15, 0.2) is 29.3 Å². The van der Waals surface area contributed by atoms with E-state index < -0.39 is 0 Å². The monoisotopic (exact) mass is 316 g/mol. The van der Waals surface area contributed by atoms with Gasteiger partial charge in [0.25, 0.3) is 0 Å². The lowest BCUT2D eigenvalue weighted by Gasteiger charge is -2.24. The van der Waals surface area contributed by atoms with Crippen molar-refractivity contribution in [2.24, 2.45) is 4.99 Å². The largest absolute Gasteiger partial charge is 0.357 e. The molecule has 0 saturated carbocycles. The molecule has 1 aliphatic heterocycles. The van der Waals surface area contributed by atoms with E-state index in [1.807, 2.05) is 36.0 Å². The third-order valence-corrected chi connectivity index (χ3v) is 5.32. The molecule has 0 amide bonds. The van der Waals surface area contributed by atoms with Crippen LogP contribution in [0.3, 0.4) is 0 Å². The number of guanidine groups is 1. The Bertz CT molecular complexity index is 539. The van der Waals surface area contributed by atoms with Crippen LogP contribution in [0, 0.1) is 11.3 Å². The zero-order valence-electron chi connectivity index (χ0n) is 13.4. The minimum absolute atomic E-state index is 0.324. The number of nitrogens with one attached hydrogen (secondary N) is 2. The first-order valence-electron chi connectivity index (χ1n) is 7.80. The van der Waals surface area contributed by atoms with Gasteiger partial charge in [-0.15, -0.1) is 0 Å². The van der Waals surface area contributed by atoms with Crippen LogP contribution in [0.4, 0.5) is 0 Å². The van der Waals surface area contributed by atoms with E-state index in [0.29, 0.717) is 16.9 Å². The molecule has 1 saturated heterocycles. The molecule has 1 aromatic carbocycles. The smallest absolute Gasteiger partial charge is 0.191 e. The van der Waals surface area contributed by atoms with Crippen molar-refractivity contribution >= 4 is 17.7 Å². The third kappa shape index (κ3) is 4.96. The van der Waals surface area contributed by atoms with Crippen molar-refractivity contribution in [2.75, 3.05) is 18.8 Å². The summed E-state index contributed by atoms with van der Waals surface area (Å²) >= 11 is 2.05. The molecule has 2 rings (SSSR count). The van der Waals surface area contributed by atoms with Crippen LogP contribution in [-0.4, -0.2) is 29.5 Å². The number of hydrogen-bond acceptors (Lipinski definition) is 3. The average molecular weight is 316 g/mol. The maximum atomic E-state index is 8.82. The fourth-order valence-corrected chi connectivity index (χ4v) is 3.69. The molecule has 5 heteroatoms. The van der Waals surface area contributed by atoms with Crippen LogP contribution in [-0.2, 0) is 6.54 Å². The van der Waals surface area contributed by atoms with Gasteiger partial charge in [0.1, 0.15) is 0 Å². The summed E-state index contributed by atoms with van der Waals surface area (Å²) in [5.41, 5.74) is 1.79. The molecule has 1 fully saturated rings. The molecule has 1 aromatic rings. The van der Waals surface area contributed by atoms with Crippen molar-refractivity contribution < 1.29 is 0 Å². The van der Waals surface area contributed by atoms with E-state index in [2.05, 4.69) is 35.5 Å². The Balaban J connectivity index is 1.92. The first-order valence-corrected chi connectivity index (χ1v) is 8.79. The van der Waals surface area contributed by atoms with Crippen LogP contribution in [0.2, 0.25) is 0 Å². The van der Waals surface area contributed by atoms with E-state index in [9.17, 15) is 0 Å². The zero-order chi connectivity index (χ0) is 15.8. The lowest BCUT2D eigenvalue weighted by Crippen LogP contribution is -2.43. The quantitative estimate of drug-likeness (QED) is 0.648. The van der Waals surface area contributed by atoms with E-state index in [4.69, 9.17) is 5.26 Å². The van der Waals surface area contributed by atoms with Gasteiger partial charge in [0, 0.05) is 17.8 Å². The minimum atomic E-state index is 0.324. The maximum absolute atomic E-state index is 8.82. The normalized spacial score (nSPS) is 21.4. The predicted octanol–water partition coefficient (Wildman–Crippen LogP) is 2.90. The molecule has 1 heterocycles. The number of nitriles is 1. The summed E-state index contributed by atoms with van der Waals surface area (Å²) in [5.74, 6) is 2.12. The predicted molar refractivity (Wildman–Crippen MR) is 94.1 cm³/mol. The Hall–Kier alpha value is -1.67. The Morgan fingerprint density at radius 2 is 2.14 bits per heavy atom. The van der Waals surface area contributed by atoms with Gasteiger partial charge in [0.15, 0.2) is 5.96 Å². The van der Waals surface area contributed by atoms with Crippen molar-refractivity contribution in [3.63, 3.8) is 0 Å². The first-order chi connectivity index (χ1) is 10.6. The molecule has 2 N–H and O–H groups in total. The number of benzene rings is 1. The van der Waals surface area contributed by atoms with Crippen LogP contribution < -0.4 is 10.6 Å². The summed E-state index contributed by atoms with van der Waals surface area (Å²) in [6.07, 6.45) is 2.57. The molecule has 118 valence electrons. The fraction of sp³-hybridized carbons (Fsp3) is 0.529. The van der Waals surface area contributed by atoms with Crippen molar-refractivity contribution in [1.82, 2.24) is 10.6 Å². The van der Waals surface area contributed by atoms with Gasteiger partial charge in [-0.05, 0) is 50.1 Å². The summed E-state index contributed by atoms with van der Waals surface area (Å²) in [7, 11) is 0. The Morgan fingerprint density at radius 3 is 2.73 bits per heavy atom. The second kappa shape index (κ2) is 8.09. The Labute approximate surface area is 137 Å². The SMILES string of the molecule is CCNC(=NCc1ccc(C#N)cc1)NCC1(C)CCCS1. The first kappa shape index (κ1) is 16.7. The topological polar surface area (TPSA) is 60.2 Å². The van der Waals surface area contributed by atoms with E-state index in [-0.39, 0.29) is 0 Å². The van der Waals surface area contributed by atoms with Crippen LogP contribution in [0.1, 0.15) is 37.8 Å². The van der Waals surface area contributed by atoms with E-state index in [1.165, 1.54) is 18.6 Å². The highest BCUT2D eigenvalue weighted by atomic mass is 32.2. The van der Waals surface area contributed by atoms with E-state index in [0.717, 1.165) is 24.6 Å². The number of rotatable bonds is 5. The molecule has 4 nitrogen and oxygen atoms in total. The summed E-state index contributed by atoms with van der Waals surface area (Å²) in [6.45, 7) is 6.80. The van der Waals surface area contributed by atoms with E-state index >= 15 is 0 Å². The van der Waals surface area contributed by atoms with Gasteiger partial charge in [-0.3, -0.25) is 0 Å². The highest BCUT2D eigenvalue weighted by Crippen LogP contribution is 2.36. The van der Waals surface area contributed by atoms with Crippen LogP contribution in [0.5, 0.6) is 0 Å². The molecule has 0 aromatic heterocycles. The molecular formula is C17H24N4S. The van der Waals surface area contributed by atoms with Gasteiger partial charge < -0.3 is 10.6 Å². The van der Waals surface area contributed by atoms with E-state index in [1.54, 1.807) is 0 Å². The summed E-state index contributed by atoms with van der Waals surface area (Å²) in [6, 6.07) is 9.72. The Morgan fingerprint density at radius 1 is 1.36 bits per heavy atom. The molecule has 22 heavy (non-hydrogen) atoms. The second-order valence-electron chi connectivity index (χ2n) is 5.76. The average Bonchev–Trinajstić information content (AvgIpc) is 2.98. The van der Waals surface area contributed by atoms with Gasteiger partial charge in [-0.25, -0.2) is 4.99 Å². The molecule has 1 aliphatic rings. The summed E-state index contributed by atoms with van der Waals surface area (Å²) in [5, 5.41) is 15.6. The number of aliphatic imine (C=N–C) groups is 1. The molecule has 0 bridgehead atoms. The second-order valence-corrected chi connectivity index (χ2v) is 7.44. The number of nitrogens with zero attached hydrogens (tertiary/aromatic N) is 2. The molecule has 0 radical (unpaired) electrons. The van der Waals surface area contributed by atoms with Crippen LogP contribution >= 0.6 is 11.8 Å². The number of hydrogen-bond donors (Lipinski definition) is 2. The lowest BCUT2D eigenvalue weighted by molar-refractivity contribution is 0.584. The third-order valence-electron chi connectivity index (χ3n) is 3.78. The maximum Gasteiger partial charge on any atom is 0.191 e. The van der Waals surface area contributed by atoms with Crippen molar-refractivity contribution in [2.45, 2.75) is 38.0 Å². The molecule has 0 aliphatic carbocycles. The van der Waals surface area contributed by atoms with Crippen molar-refractivity contribution in [3.8, 4) is 6.07 Å². The van der Waals surface area contributed by atoms with Gasteiger partial charge in [-0.1, -0.05) is 12.1 Å². The molecular weight excluding hydrogens is 292 g/mol. The van der Waals surface area contributed by atoms with Gasteiger partial charge in [-0.2, -0.15) is 17.0 Å². The van der Waals surface area contributed by atoms with Crippen molar-refractivity contribution in [1.29, 1.82) is 5.26 Å². The van der Waals surface area contributed by atoms with Gasteiger partial charge in [0.05, 0.1) is 18.2 Å². The van der Waals surface area contributed by atoms with Crippen molar-refractivity contribution in [3.05, 3.63) is 35.4 Å². The Kier molecular flexibility index (Phi) is 6.14. The minimum Gasteiger partial charge on any atom is -0.357 e. The van der Waals surface area contributed by atoms with Gasteiger partial charge in [0.2, 0.25) is 0 Å². The molecule has 1 unspecified atom stereocenters. The zero-order valence-corrected chi connectivity index (χ0v) is 14.2. The lowest BCUT2D eigenvalue weighted by atomic mass is 10.1. The summed E-state index contributed by atoms with van der Waals surface area (Å²) in [4.78, 5) is 4.63. The van der Waals surface area contributed by atoms with Crippen LogP contribution in [0.25, 0.3) is 0 Å². The van der Waals surface area contributed by atoms with Gasteiger partial charge >= 0.3 is 0 Å². The highest BCUT2D eigenvalue weighted by Gasteiger charge is 2.29. The standard InChI is InChI=1S/C17H24N4S/c1-3-19-16(21-13-17(2)9-4-10-22-17)20-12-15-7-5-14(11-18)6-8-15/h5-8H,3-4,9-10,12-13H2,1-2H3,(H2,19,20,21). The summed E-state index contributed by atoms with van der Waals surface area (Å²) < 4.78 is 0.324. The molecule has 1 atom stereocenters. The number of thioether (sulfide) groups is 1. The molecule has 0 spiro atoms.